The van der Waals surface area contributed by atoms with Crippen molar-refractivity contribution in [3.05, 3.63) is 109 Å². The summed E-state index contributed by atoms with van der Waals surface area (Å²) in [5, 5.41) is 3.00. The second-order valence-corrected chi connectivity index (χ2v) is 8.18. The van der Waals surface area contributed by atoms with Crippen molar-refractivity contribution in [2.75, 3.05) is 41.3 Å². The molecule has 3 heterocycles. The summed E-state index contributed by atoms with van der Waals surface area (Å²) in [7, 11) is 0. The molecule has 0 atom stereocenters. The molecule has 0 saturated carbocycles. The number of aromatic nitrogens is 3. The molecule has 7 heteroatoms. The topological polar surface area (TPSA) is 74.2 Å². The van der Waals surface area contributed by atoms with Gasteiger partial charge in [-0.2, -0.15) is 0 Å². The van der Waals surface area contributed by atoms with Crippen molar-refractivity contribution in [3.8, 4) is 0 Å². The fourth-order valence-electron chi connectivity index (χ4n) is 4.23. The molecule has 1 aliphatic rings. The number of pyridine rings is 1. The van der Waals surface area contributed by atoms with Crippen LogP contribution in [0.4, 0.5) is 17.5 Å². The molecule has 1 aliphatic heterocycles. The molecule has 4 aromatic rings. The Labute approximate surface area is 199 Å². The standard InChI is InChI=1S/C27H26N6O/c34-26(25(21-9-3-1-4-10-21)22-11-5-2-6-12-22)31-23-19-29-27(30-20-23)33-17-15-32(16-18-33)24-13-7-8-14-28-24/h1-14,19-20,25H,15-18H2,(H,31,34). The predicted molar refractivity (Wildman–Crippen MR) is 134 cm³/mol. The summed E-state index contributed by atoms with van der Waals surface area (Å²) in [6.07, 6.45) is 5.18. The molecule has 34 heavy (non-hydrogen) atoms. The van der Waals surface area contributed by atoms with Gasteiger partial charge in [-0.15, -0.1) is 0 Å². The van der Waals surface area contributed by atoms with Gasteiger partial charge in [-0.1, -0.05) is 66.7 Å². The molecule has 0 spiro atoms. The number of nitrogens with zero attached hydrogens (tertiary/aromatic N) is 5. The molecular formula is C27H26N6O. The zero-order valence-corrected chi connectivity index (χ0v) is 18.8. The Morgan fingerprint density at radius 2 is 1.26 bits per heavy atom. The number of piperazine rings is 1. The Bertz CT molecular complexity index is 1150. The third-order valence-corrected chi connectivity index (χ3v) is 5.97. The molecule has 2 aromatic heterocycles. The second kappa shape index (κ2) is 10.1. The number of hydrogen-bond acceptors (Lipinski definition) is 6. The molecule has 0 bridgehead atoms. The van der Waals surface area contributed by atoms with Gasteiger partial charge in [0.1, 0.15) is 5.82 Å². The lowest BCUT2D eigenvalue weighted by Crippen LogP contribution is -2.47. The minimum Gasteiger partial charge on any atom is -0.353 e. The van der Waals surface area contributed by atoms with Crippen LogP contribution in [0.2, 0.25) is 0 Å². The van der Waals surface area contributed by atoms with Crippen molar-refractivity contribution < 1.29 is 4.79 Å². The molecule has 170 valence electrons. The third kappa shape index (κ3) is 4.88. The normalized spacial score (nSPS) is 13.7. The summed E-state index contributed by atoms with van der Waals surface area (Å²) < 4.78 is 0. The zero-order chi connectivity index (χ0) is 23.2. The van der Waals surface area contributed by atoms with E-state index in [2.05, 4.69) is 30.1 Å². The van der Waals surface area contributed by atoms with Gasteiger partial charge in [-0.3, -0.25) is 4.79 Å². The highest BCUT2D eigenvalue weighted by molar-refractivity contribution is 5.98. The van der Waals surface area contributed by atoms with E-state index in [4.69, 9.17) is 0 Å². The Morgan fingerprint density at radius 3 is 1.82 bits per heavy atom. The van der Waals surface area contributed by atoms with Gasteiger partial charge in [0.05, 0.1) is 24.0 Å². The van der Waals surface area contributed by atoms with Crippen LogP contribution in [0.3, 0.4) is 0 Å². The highest BCUT2D eigenvalue weighted by Crippen LogP contribution is 2.26. The van der Waals surface area contributed by atoms with E-state index in [1.807, 2.05) is 85.1 Å². The first-order chi connectivity index (χ1) is 16.8. The van der Waals surface area contributed by atoms with Crippen molar-refractivity contribution in [1.82, 2.24) is 15.0 Å². The first kappa shape index (κ1) is 21.6. The molecule has 1 fully saturated rings. The lowest BCUT2D eigenvalue weighted by molar-refractivity contribution is -0.116. The van der Waals surface area contributed by atoms with Crippen molar-refractivity contribution in [2.24, 2.45) is 0 Å². The summed E-state index contributed by atoms with van der Waals surface area (Å²) in [5.74, 6) is 1.13. The summed E-state index contributed by atoms with van der Waals surface area (Å²) in [6, 6.07) is 25.6. The predicted octanol–water partition coefficient (Wildman–Crippen LogP) is 3.97. The third-order valence-electron chi connectivity index (χ3n) is 5.97. The van der Waals surface area contributed by atoms with Gasteiger partial charge < -0.3 is 15.1 Å². The van der Waals surface area contributed by atoms with E-state index >= 15 is 0 Å². The monoisotopic (exact) mass is 450 g/mol. The van der Waals surface area contributed by atoms with E-state index in [0.717, 1.165) is 43.1 Å². The molecule has 5 rings (SSSR count). The van der Waals surface area contributed by atoms with Gasteiger partial charge in [0.2, 0.25) is 11.9 Å². The highest BCUT2D eigenvalue weighted by atomic mass is 16.1. The molecule has 0 radical (unpaired) electrons. The number of benzene rings is 2. The summed E-state index contributed by atoms with van der Waals surface area (Å²) in [6.45, 7) is 3.34. The molecule has 2 aromatic carbocycles. The number of anilines is 3. The van der Waals surface area contributed by atoms with Crippen LogP contribution < -0.4 is 15.1 Å². The zero-order valence-electron chi connectivity index (χ0n) is 18.8. The molecule has 1 N–H and O–H groups in total. The fraction of sp³-hybridized carbons (Fsp3) is 0.185. The summed E-state index contributed by atoms with van der Waals surface area (Å²) >= 11 is 0. The van der Waals surface area contributed by atoms with Crippen LogP contribution in [-0.4, -0.2) is 47.0 Å². The van der Waals surface area contributed by atoms with E-state index in [9.17, 15) is 4.79 Å². The Morgan fingerprint density at radius 1 is 0.706 bits per heavy atom. The molecule has 0 aliphatic carbocycles. The van der Waals surface area contributed by atoms with E-state index in [1.165, 1.54) is 0 Å². The average molecular weight is 451 g/mol. The SMILES string of the molecule is O=C(Nc1cnc(N2CCN(c3ccccn3)CC2)nc1)C(c1ccccc1)c1ccccc1. The lowest BCUT2D eigenvalue weighted by atomic mass is 9.90. The van der Waals surface area contributed by atoms with Gasteiger partial charge in [0.25, 0.3) is 0 Å². The molecule has 0 unspecified atom stereocenters. The summed E-state index contributed by atoms with van der Waals surface area (Å²) in [4.78, 5) is 31.2. The van der Waals surface area contributed by atoms with Crippen LogP contribution in [0, 0.1) is 0 Å². The van der Waals surface area contributed by atoms with E-state index < -0.39 is 5.92 Å². The second-order valence-electron chi connectivity index (χ2n) is 8.18. The molecule has 1 amide bonds. The molecular weight excluding hydrogens is 424 g/mol. The first-order valence-electron chi connectivity index (χ1n) is 11.4. The van der Waals surface area contributed by atoms with Gasteiger partial charge in [-0.25, -0.2) is 15.0 Å². The first-order valence-corrected chi connectivity index (χ1v) is 11.4. The fourth-order valence-corrected chi connectivity index (χ4v) is 4.23. The number of carbonyl (C=O) groups is 1. The van der Waals surface area contributed by atoms with Gasteiger partial charge >= 0.3 is 0 Å². The van der Waals surface area contributed by atoms with Crippen LogP contribution in [-0.2, 0) is 4.79 Å². The minimum absolute atomic E-state index is 0.113. The Balaban J connectivity index is 1.25. The Kier molecular flexibility index (Phi) is 6.42. The van der Waals surface area contributed by atoms with Crippen LogP contribution in [0.25, 0.3) is 0 Å². The Hall–Kier alpha value is -4.26. The maximum absolute atomic E-state index is 13.3. The number of hydrogen-bond donors (Lipinski definition) is 1. The van der Waals surface area contributed by atoms with Gasteiger partial charge in [0, 0.05) is 32.4 Å². The molecule has 7 nitrogen and oxygen atoms in total. The van der Waals surface area contributed by atoms with E-state index in [-0.39, 0.29) is 5.91 Å². The minimum atomic E-state index is -0.415. The van der Waals surface area contributed by atoms with Crippen molar-refractivity contribution >= 4 is 23.4 Å². The lowest BCUT2D eigenvalue weighted by Gasteiger charge is -2.35. The van der Waals surface area contributed by atoms with Crippen LogP contribution in [0.1, 0.15) is 17.0 Å². The maximum Gasteiger partial charge on any atom is 0.236 e. The number of rotatable bonds is 6. The number of nitrogens with one attached hydrogen (secondary N) is 1. The van der Waals surface area contributed by atoms with Crippen molar-refractivity contribution in [3.63, 3.8) is 0 Å². The molecule has 1 saturated heterocycles. The van der Waals surface area contributed by atoms with Gasteiger partial charge in [0.15, 0.2) is 0 Å². The maximum atomic E-state index is 13.3. The highest BCUT2D eigenvalue weighted by Gasteiger charge is 2.23. The smallest absolute Gasteiger partial charge is 0.236 e. The number of carbonyl (C=O) groups excluding carboxylic acids is 1. The summed E-state index contributed by atoms with van der Waals surface area (Å²) in [5.41, 5.74) is 2.46. The number of amides is 1. The van der Waals surface area contributed by atoms with E-state index in [0.29, 0.717) is 11.6 Å². The van der Waals surface area contributed by atoms with E-state index in [1.54, 1.807) is 12.4 Å². The van der Waals surface area contributed by atoms with Crippen LogP contribution in [0.5, 0.6) is 0 Å². The van der Waals surface area contributed by atoms with Crippen LogP contribution in [0.15, 0.2) is 97.5 Å². The van der Waals surface area contributed by atoms with Crippen LogP contribution >= 0.6 is 0 Å². The van der Waals surface area contributed by atoms with Crippen molar-refractivity contribution in [1.29, 1.82) is 0 Å². The largest absolute Gasteiger partial charge is 0.353 e. The average Bonchev–Trinajstić information content (AvgIpc) is 2.91. The quantitative estimate of drug-likeness (QED) is 0.479. The van der Waals surface area contributed by atoms with Crippen molar-refractivity contribution in [2.45, 2.75) is 5.92 Å². The van der Waals surface area contributed by atoms with Gasteiger partial charge in [-0.05, 0) is 23.3 Å².